The second-order valence-corrected chi connectivity index (χ2v) is 6.27. The minimum atomic E-state index is -0.0185. The van der Waals surface area contributed by atoms with Crippen molar-refractivity contribution in [3.63, 3.8) is 0 Å². The van der Waals surface area contributed by atoms with Crippen LogP contribution in [0.2, 0.25) is 0 Å². The summed E-state index contributed by atoms with van der Waals surface area (Å²) in [6.45, 7) is 5.72. The van der Waals surface area contributed by atoms with Crippen molar-refractivity contribution in [2.24, 2.45) is 5.92 Å². The summed E-state index contributed by atoms with van der Waals surface area (Å²) < 4.78 is 5.36. The van der Waals surface area contributed by atoms with Crippen molar-refractivity contribution in [2.45, 2.75) is 39.2 Å². The predicted molar refractivity (Wildman–Crippen MR) is 91.5 cm³/mol. The lowest BCUT2D eigenvalue weighted by Gasteiger charge is -2.34. The zero-order chi connectivity index (χ0) is 16.9. The van der Waals surface area contributed by atoms with Gasteiger partial charge in [-0.3, -0.25) is 9.69 Å². The third-order valence-electron chi connectivity index (χ3n) is 4.57. The van der Waals surface area contributed by atoms with Crippen LogP contribution in [0.4, 0.5) is 5.69 Å². The van der Waals surface area contributed by atoms with E-state index in [1.165, 1.54) is 0 Å². The van der Waals surface area contributed by atoms with Crippen molar-refractivity contribution in [2.75, 3.05) is 18.4 Å². The van der Waals surface area contributed by atoms with Crippen LogP contribution < -0.4 is 5.32 Å². The summed E-state index contributed by atoms with van der Waals surface area (Å²) in [5, 5.41) is 6.98. The van der Waals surface area contributed by atoms with Gasteiger partial charge >= 0.3 is 0 Å². The first-order valence-electron chi connectivity index (χ1n) is 8.59. The number of carbonyl (C=O) groups excluding carboxylic acids is 1. The molecule has 128 valence electrons. The predicted octanol–water partition coefficient (Wildman–Crippen LogP) is 3.04. The molecule has 1 fully saturated rings. The van der Waals surface area contributed by atoms with Crippen molar-refractivity contribution in [3.8, 4) is 0 Å². The Morgan fingerprint density at radius 2 is 2.21 bits per heavy atom. The highest BCUT2D eigenvalue weighted by molar-refractivity contribution is 5.92. The van der Waals surface area contributed by atoms with Crippen LogP contribution >= 0.6 is 0 Å². The average molecular weight is 328 g/mol. The van der Waals surface area contributed by atoms with Gasteiger partial charge in [0.1, 0.15) is 0 Å². The molecule has 0 saturated carbocycles. The van der Waals surface area contributed by atoms with E-state index in [0.29, 0.717) is 12.4 Å². The number of rotatable bonds is 5. The van der Waals surface area contributed by atoms with Crippen LogP contribution in [-0.2, 0) is 11.2 Å². The standard InChI is InChI=1S/C18H24N4O2/c1-3-16-20-18(24-21-16)13(2)22-11-7-8-14(12-22)17(23)19-15-9-5-4-6-10-15/h4-6,9-10,13-14H,3,7-8,11-12H2,1-2H3,(H,19,23). The van der Waals surface area contributed by atoms with Gasteiger partial charge in [-0.25, -0.2) is 0 Å². The molecule has 6 nitrogen and oxygen atoms in total. The van der Waals surface area contributed by atoms with Crippen LogP contribution in [0.15, 0.2) is 34.9 Å². The molecule has 6 heteroatoms. The Labute approximate surface area is 142 Å². The number of anilines is 1. The van der Waals surface area contributed by atoms with E-state index in [2.05, 4.69) is 27.3 Å². The highest BCUT2D eigenvalue weighted by Crippen LogP contribution is 2.26. The van der Waals surface area contributed by atoms with Crippen molar-refractivity contribution in [3.05, 3.63) is 42.0 Å². The van der Waals surface area contributed by atoms with Crippen molar-refractivity contribution < 1.29 is 9.32 Å². The molecule has 1 N–H and O–H groups in total. The monoisotopic (exact) mass is 328 g/mol. The summed E-state index contributed by atoms with van der Waals surface area (Å²) >= 11 is 0. The fourth-order valence-electron chi connectivity index (χ4n) is 3.07. The smallest absolute Gasteiger partial charge is 0.243 e. The Hall–Kier alpha value is -2.21. The third kappa shape index (κ3) is 3.82. The molecule has 0 bridgehead atoms. The van der Waals surface area contributed by atoms with Gasteiger partial charge in [-0.05, 0) is 38.4 Å². The Bertz CT molecular complexity index is 671. The van der Waals surface area contributed by atoms with E-state index < -0.39 is 0 Å². The fraction of sp³-hybridized carbons (Fsp3) is 0.500. The number of nitrogens with one attached hydrogen (secondary N) is 1. The quantitative estimate of drug-likeness (QED) is 0.913. The number of nitrogens with zero attached hydrogens (tertiary/aromatic N) is 3. The number of para-hydroxylation sites is 1. The Morgan fingerprint density at radius 3 is 2.92 bits per heavy atom. The van der Waals surface area contributed by atoms with Crippen LogP contribution in [0.1, 0.15) is 44.4 Å². The molecule has 3 rings (SSSR count). The van der Waals surface area contributed by atoms with Gasteiger partial charge in [-0.15, -0.1) is 0 Å². The van der Waals surface area contributed by atoms with Crippen molar-refractivity contribution in [1.82, 2.24) is 15.0 Å². The zero-order valence-electron chi connectivity index (χ0n) is 14.2. The third-order valence-corrected chi connectivity index (χ3v) is 4.57. The van der Waals surface area contributed by atoms with Crippen molar-refractivity contribution in [1.29, 1.82) is 0 Å². The summed E-state index contributed by atoms with van der Waals surface area (Å²) in [6, 6.07) is 9.63. The number of aromatic nitrogens is 2. The first-order valence-corrected chi connectivity index (χ1v) is 8.59. The summed E-state index contributed by atoms with van der Waals surface area (Å²) in [6.07, 6.45) is 2.66. The summed E-state index contributed by atoms with van der Waals surface area (Å²) in [5.41, 5.74) is 0.845. The molecule has 2 unspecified atom stereocenters. The van der Waals surface area contributed by atoms with Gasteiger partial charge in [0.15, 0.2) is 5.82 Å². The van der Waals surface area contributed by atoms with Gasteiger partial charge in [0.2, 0.25) is 11.8 Å². The highest BCUT2D eigenvalue weighted by atomic mass is 16.5. The first-order chi connectivity index (χ1) is 11.7. The van der Waals surface area contributed by atoms with E-state index in [-0.39, 0.29) is 17.9 Å². The van der Waals surface area contributed by atoms with Gasteiger partial charge < -0.3 is 9.84 Å². The molecule has 2 heterocycles. The lowest BCUT2D eigenvalue weighted by atomic mass is 9.96. The number of carbonyl (C=O) groups is 1. The first kappa shape index (κ1) is 16.6. The Morgan fingerprint density at radius 1 is 1.42 bits per heavy atom. The number of hydrogen-bond acceptors (Lipinski definition) is 5. The minimum absolute atomic E-state index is 0.0185. The maximum atomic E-state index is 12.5. The maximum Gasteiger partial charge on any atom is 0.243 e. The zero-order valence-corrected chi connectivity index (χ0v) is 14.2. The molecule has 0 radical (unpaired) electrons. The Kier molecular flexibility index (Phi) is 5.25. The van der Waals surface area contributed by atoms with Gasteiger partial charge in [0, 0.05) is 18.7 Å². The number of aryl methyl sites for hydroxylation is 1. The average Bonchev–Trinajstić information content (AvgIpc) is 3.11. The number of piperidine rings is 1. The second-order valence-electron chi connectivity index (χ2n) is 6.27. The Balaban J connectivity index is 1.62. The lowest BCUT2D eigenvalue weighted by Crippen LogP contribution is -2.41. The number of likely N-dealkylation sites (tertiary alicyclic amines) is 1. The number of amides is 1. The van der Waals surface area contributed by atoms with E-state index in [1.807, 2.05) is 37.3 Å². The highest BCUT2D eigenvalue weighted by Gasteiger charge is 2.30. The minimum Gasteiger partial charge on any atom is -0.338 e. The van der Waals surface area contributed by atoms with E-state index in [0.717, 1.165) is 37.3 Å². The van der Waals surface area contributed by atoms with E-state index >= 15 is 0 Å². The summed E-state index contributed by atoms with van der Waals surface area (Å²) in [4.78, 5) is 19.2. The lowest BCUT2D eigenvalue weighted by molar-refractivity contribution is -0.121. The molecule has 1 aliphatic heterocycles. The number of hydrogen-bond donors (Lipinski definition) is 1. The molecule has 1 aliphatic rings. The van der Waals surface area contributed by atoms with Gasteiger partial charge in [0.25, 0.3) is 0 Å². The second kappa shape index (κ2) is 7.57. The van der Waals surface area contributed by atoms with Gasteiger partial charge in [-0.2, -0.15) is 4.98 Å². The van der Waals surface area contributed by atoms with E-state index in [1.54, 1.807) is 0 Å². The molecule has 1 aromatic carbocycles. The van der Waals surface area contributed by atoms with Crippen LogP contribution in [0.5, 0.6) is 0 Å². The van der Waals surface area contributed by atoms with Crippen LogP contribution in [-0.4, -0.2) is 34.0 Å². The molecule has 2 atom stereocenters. The molecule has 1 aromatic heterocycles. The summed E-state index contributed by atoms with van der Waals surface area (Å²) in [5.74, 6) is 1.43. The van der Waals surface area contributed by atoms with E-state index in [4.69, 9.17) is 4.52 Å². The molecular formula is C18H24N4O2. The molecular weight excluding hydrogens is 304 g/mol. The molecule has 0 aliphatic carbocycles. The molecule has 1 amide bonds. The largest absolute Gasteiger partial charge is 0.338 e. The normalized spacial score (nSPS) is 19.8. The molecule has 2 aromatic rings. The SMILES string of the molecule is CCc1noc(C(C)N2CCCC(C(=O)Nc3ccccc3)C2)n1. The van der Waals surface area contributed by atoms with Crippen molar-refractivity contribution >= 4 is 11.6 Å². The molecule has 0 spiro atoms. The fourth-order valence-corrected chi connectivity index (χ4v) is 3.07. The topological polar surface area (TPSA) is 71.3 Å². The molecule has 1 saturated heterocycles. The number of benzene rings is 1. The van der Waals surface area contributed by atoms with E-state index in [9.17, 15) is 4.79 Å². The van der Waals surface area contributed by atoms with Gasteiger partial charge in [-0.1, -0.05) is 30.3 Å². The maximum absolute atomic E-state index is 12.5. The summed E-state index contributed by atoms with van der Waals surface area (Å²) in [7, 11) is 0. The van der Waals surface area contributed by atoms with Crippen LogP contribution in [0.3, 0.4) is 0 Å². The van der Waals surface area contributed by atoms with Crippen LogP contribution in [0, 0.1) is 5.92 Å². The van der Waals surface area contributed by atoms with Crippen LogP contribution in [0.25, 0.3) is 0 Å². The molecule has 24 heavy (non-hydrogen) atoms. The van der Waals surface area contributed by atoms with Gasteiger partial charge in [0.05, 0.1) is 12.0 Å².